The predicted molar refractivity (Wildman–Crippen MR) is 127 cm³/mol. The minimum Gasteiger partial charge on any atom is -0.481 e. The number of halogens is 1. The van der Waals surface area contributed by atoms with Crippen molar-refractivity contribution in [2.75, 3.05) is 11.9 Å². The lowest BCUT2D eigenvalue weighted by Gasteiger charge is -2.33. The third-order valence-corrected chi connectivity index (χ3v) is 6.77. The lowest BCUT2D eigenvalue weighted by atomic mass is 9.82. The van der Waals surface area contributed by atoms with Gasteiger partial charge in [-0.3, -0.25) is 4.79 Å². The van der Waals surface area contributed by atoms with E-state index in [-0.39, 0.29) is 5.92 Å². The topological polar surface area (TPSA) is 52.6 Å². The van der Waals surface area contributed by atoms with E-state index in [1.54, 1.807) is 0 Å². The summed E-state index contributed by atoms with van der Waals surface area (Å²) in [5.41, 5.74) is 4.38. The van der Waals surface area contributed by atoms with E-state index in [2.05, 4.69) is 35.3 Å². The molecule has 2 aromatic rings. The average molecular weight is 445 g/mol. The van der Waals surface area contributed by atoms with Gasteiger partial charge in [-0.05, 0) is 86.5 Å². The molecular formula is C24H29ClN2O2S. The molecule has 1 fully saturated rings. The molecule has 1 aliphatic rings. The smallest absolute Gasteiger partial charge is 0.306 e. The minimum absolute atomic E-state index is 0.203. The highest BCUT2D eigenvalue weighted by Crippen LogP contribution is 2.30. The lowest BCUT2D eigenvalue weighted by Crippen LogP contribution is -2.39. The molecule has 0 bridgehead atoms. The molecule has 0 unspecified atom stereocenters. The van der Waals surface area contributed by atoms with Crippen LogP contribution in [-0.2, 0) is 11.3 Å². The van der Waals surface area contributed by atoms with Gasteiger partial charge in [0.25, 0.3) is 0 Å². The lowest BCUT2D eigenvalue weighted by molar-refractivity contribution is -0.143. The maximum absolute atomic E-state index is 11.3. The molecule has 2 aromatic carbocycles. The van der Waals surface area contributed by atoms with Gasteiger partial charge in [0.15, 0.2) is 5.11 Å². The monoisotopic (exact) mass is 444 g/mol. The van der Waals surface area contributed by atoms with Crippen LogP contribution < -0.4 is 5.32 Å². The Morgan fingerprint density at radius 3 is 2.47 bits per heavy atom. The fraction of sp³-hybridized carbons (Fsp3) is 0.417. The van der Waals surface area contributed by atoms with E-state index in [1.807, 2.05) is 31.2 Å². The molecular weight excluding hydrogens is 416 g/mol. The molecule has 160 valence electrons. The highest BCUT2D eigenvalue weighted by Gasteiger charge is 2.27. The first kappa shape index (κ1) is 22.6. The van der Waals surface area contributed by atoms with Gasteiger partial charge in [-0.2, -0.15) is 0 Å². The van der Waals surface area contributed by atoms with Crippen LogP contribution >= 0.6 is 23.8 Å². The Labute approximate surface area is 189 Å². The van der Waals surface area contributed by atoms with Crippen LogP contribution in [0.2, 0.25) is 5.02 Å². The van der Waals surface area contributed by atoms with Gasteiger partial charge in [-0.25, -0.2) is 0 Å². The molecule has 0 aliphatic heterocycles. The number of thiocarbonyl (C=S) groups is 1. The molecule has 0 atom stereocenters. The molecule has 0 saturated heterocycles. The number of carboxylic acid groups (broad SMARTS) is 1. The maximum atomic E-state index is 11.3. The Balaban J connectivity index is 1.73. The predicted octanol–water partition coefficient (Wildman–Crippen LogP) is 6.05. The summed E-state index contributed by atoms with van der Waals surface area (Å²) in [5, 5.41) is 14.0. The van der Waals surface area contributed by atoms with Crippen molar-refractivity contribution in [2.24, 2.45) is 11.8 Å². The van der Waals surface area contributed by atoms with Gasteiger partial charge in [0, 0.05) is 23.8 Å². The molecule has 0 radical (unpaired) electrons. The molecule has 2 N–H and O–H groups in total. The van der Waals surface area contributed by atoms with Crippen LogP contribution in [0, 0.1) is 25.7 Å². The summed E-state index contributed by atoms with van der Waals surface area (Å²) < 4.78 is 0. The quantitative estimate of drug-likeness (QED) is 0.531. The fourth-order valence-electron chi connectivity index (χ4n) is 3.99. The van der Waals surface area contributed by atoms with Crippen LogP contribution in [0.3, 0.4) is 0 Å². The van der Waals surface area contributed by atoms with Gasteiger partial charge < -0.3 is 15.3 Å². The molecule has 0 amide bonds. The number of anilines is 1. The highest BCUT2D eigenvalue weighted by molar-refractivity contribution is 7.80. The summed E-state index contributed by atoms with van der Waals surface area (Å²) in [7, 11) is 0. The SMILES string of the molecule is Cc1ccc(NC(=S)N(Cc2ccccc2C)CC2CCC(C(=O)O)CC2)cc1Cl. The minimum atomic E-state index is -0.668. The standard InChI is InChI=1S/C24H29ClN2O2S/c1-16-5-3-4-6-20(16)15-27(14-18-8-10-19(11-9-18)23(28)29)24(30)26-21-12-7-17(2)22(25)13-21/h3-7,12-13,18-19H,8-11,14-15H2,1-2H3,(H,26,30)(H,28,29). The van der Waals surface area contributed by atoms with E-state index in [1.165, 1.54) is 11.1 Å². The Hall–Kier alpha value is -2.11. The van der Waals surface area contributed by atoms with Crippen molar-refractivity contribution in [1.82, 2.24) is 4.90 Å². The summed E-state index contributed by atoms with van der Waals surface area (Å²) in [5.74, 6) is -0.435. The third-order valence-electron chi connectivity index (χ3n) is 6.01. The molecule has 0 heterocycles. The van der Waals surface area contributed by atoms with E-state index >= 15 is 0 Å². The number of benzene rings is 2. The first-order valence-corrected chi connectivity index (χ1v) is 11.2. The van der Waals surface area contributed by atoms with E-state index in [4.69, 9.17) is 23.8 Å². The van der Waals surface area contributed by atoms with Crippen molar-refractivity contribution in [3.05, 3.63) is 64.2 Å². The second-order valence-electron chi connectivity index (χ2n) is 8.26. The van der Waals surface area contributed by atoms with Crippen molar-refractivity contribution < 1.29 is 9.90 Å². The molecule has 1 aliphatic carbocycles. The van der Waals surface area contributed by atoms with Crippen LogP contribution in [0.25, 0.3) is 0 Å². The molecule has 3 rings (SSSR count). The van der Waals surface area contributed by atoms with Gasteiger partial charge in [-0.15, -0.1) is 0 Å². The van der Waals surface area contributed by atoms with Gasteiger partial charge in [0.1, 0.15) is 0 Å². The number of nitrogens with one attached hydrogen (secondary N) is 1. The van der Waals surface area contributed by atoms with E-state index < -0.39 is 5.97 Å². The number of carbonyl (C=O) groups is 1. The molecule has 0 spiro atoms. The number of rotatable bonds is 6. The molecule has 30 heavy (non-hydrogen) atoms. The van der Waals surface area contributed by atoms with Gasteiger partial charge >= 0.3 is 5.97 Å². The Kier molecular flexibility index (Phi) is 7.73. The van der Waals surface area contributed by atoms with Gasteiger partial charge in [-0.1, -0.05) is 41.9 Å². The number of aliphatic carboxylic acids is 1. The number of aryl methyl sites for hydroxylation is 2. The normalized spacial score (nSPS) is 18.6. The van der Waals surface area contributed by atoms with Crippen molar-refractivity contribution in [3.63, 3.8) is 0 Å². The zero-order valence-corrected chi connectivity index (χ0v) is 19.1. The van der Waals surface area contributed by atoms with Crippen LogP contribution in [0.4, 0.5) is 5.69 Å². The van der Waals surface area contributed by atoms with Crippen LogP contribution in [0.1, 0.15) is 42.4 Å². The molecule has 1 saturated carbocycles. The van der Waals surface area contributed by atoms with Crippen molar-refractivity contribution in [2.45, 2.75) is 46.1 Å². The van der Waals surface area contributed by atoms with Crippen molar-refractivity contribution >= 4 is 40.6 Å². The average Bonchev–Trinajstić information content (AvgIpc) is 2.72. The molecule has 6 heteroatoms. The van der Waals surface area contributed by atoms with E-state index in [0.29, 0.717) is 16.1 Å². The van der Waals surface area contributed by atoms with Gasteiger partial charge in [0.2, 0.25) is 0 Å². The van der Waals surface area contributed by atoms with Crippen LogP contribution in [-0.4, -0.2) is 27.6 Å². The van der Waals surface area contributed by atoms with Crippen LogP contribution in [0.15, 0.2) is 42.5 Å². The summed E-state index contributed by atoms with van der Waals surface area (Å²) in [6, 6.07) is 14.2. The fourth-order valence-corrected chi connectivity index (χ4v) is 4.43. The number of nitrogens with zero attached hydrogens (tertiary/aromatic N) is 1. The second-order valence-corrected chi connectivity index (χ2v) is 9.05. The zero-order valence-electron chi connectivity index (χ0n) is 17.5. The first-order valence-electron chi connectivity index (χ1n) is 10.4. The number of hydrogen-bond acceptors (Lipinski definition) is 2. The Bertz CT molecular complexity index is 910. The Morgan fingerprint density at radius 2 is 1.83 bits per heavy atom. The largest absolute Gasteiger partial charge is 0.481 e. The second kappa shape index (κ2) is 10.3. The first-order chi connectivity index (χ1) is 14.3. The zero-order chi connectivity index (χ0) is 21.7. The van der Waals surface area contributed by atoms with E-state index in [9.17, 15) is 9.90 Å². The third kappa shape index (κ3) is 5.96. The summed E-state index contributed by atoms with van der Waals surface area (Å²) in [6.07, 6.45) is 3.32. The van der Waals surface area contributed by atoms with Crippen molar-refractivity contribution in [3.8, 4) is 0 Å². The van der Waals surface area contributed by atoms with E-state index in [0.717, 1.165) is 50.0 Å². The van der Waals surface area contributed by atoms with Gasteiger partial charge in [0.05, 0.1) is 5.92 Å². The number of carboxylic acids is 1. The summed E-state index contributed by atoms with van der Waals surface area (Å²) in [4.78, 5) is 13.5. The Morgan fingerprint density at radius 1 is 1.13 bits per heavy atom. The maximum Gasteiger partial charge on any atom is 0.306 e. The molecule has 0 aromatic heterocycles. The van der Waals surface area contributed by atoms with Crippen LogP contribution in [0.5, 0.6) is 0 Å². The summed E-state index contributed by atoms with van der Waals surface area (Å²) >= 11 is 12.1. The molecule has 4 nitrogen and oxygen atoms in total. The van der Waals surface area contributed by atoms with Crippen molar-refractivity contribution in [1.29, 1.82) is 0 Å². The highest BCUT2D eigenvalue weighted by atomic mass is 35.5. The summed E-state index contributed by atoms with van der Waals surface area (Å²) in [6.45, 7) is 5.62. The number of hydrogen-bond donors (Lipinski definition) is 2.